The third-order valence-electron chi connectivity index (χ3n) is 8.44. The summed E-state index contributed by atoms with van der Waals surface area (Å²) >= 11 is 5.65. The zero-order chi connectivity index (χ0) is 34.9. The molecule has 1 fully saturated rings. The minimum absolute atomic E-state index is 0.373. The molecule has 6 aromatic heterocycles. The van der Waals surface area contributed by atoms with Crippen LogP contribution in [-0.4, -0.2) is 57.7 Å². The molecule has 0 atom stereocenters. The zero-order valence-electron chi connectivity index (χ0n) is 28.6. The van der Waals surface area contributed by atoms with Gasteiger partial charge in [-0.15, -0.1) is 0 Å². The maximum atomic E-state index is 10.0. The van der Waals surface area contributed by atoms with Crippen LogP contribution in [0, 0.1) is 0 Å². The third kappa shape index (κ3) is 8.11. The molecule has 1 aliphatic heterocycles. The molecule has 7 heterocycles. The SMILES string of the molecule is CC(C)(O)c1cncc(-c2cc3ccccn3n2)c1.CC(C)(O)c1cncc(B2OC(C)(C)C(C)(C)O2)c1.Clc1cc2ccccn2n1. The summed E-state index contributed by atoms with van der Waals surface area (Å²) in [6.45, 7) is 15.0. The van der Waals surface area contributed by atoms with Crippen LogP contribution in [-0.2, 0) is 20.5 Å². The zero-order valence-corrected chi connectivity index (χ0v) is 29.3. The highest BCUT2D eigenvalue weighted by molar-refractivity contribution is 6.62. The molecular formula is C36H42BClN6O4. The summed E-state index contributed by atoms with van der Waals surface area (Å²) in [6, 6.07) is 19.4. The second-order valence-corrected chi connectivity index (χ2v) is 14.2. The van der Waals surface area contributed by atoms with Crippen LogP contribution in [0.4, 0.5) is 0 Å². The highest BCUT2D eigenvalue weighted by Crippen LogP contribution is 2.36. The first-order valence-corrected chi connectivity index (χ1v) is 16.1. The Morgan fingerprint density at radius 2 is 1.21 bits per heavy atom. The predicted molar refractivity (Wildman–Crippen MR) is 189 cm³/mol. The van der Waals surface area contributed by atoms with E-state index in [-0.39, 0.29) is 11.2 Å². The van der Waals surface area contributed by atoms with Gasteiger partial charge in [0.05, 0.1) is 39.1 Å². The van der Waals surface area contributed by atoms with Gasteiger partial charge in [-0.2, -0.15) is 10.2 Å². The molecule has 6 aromatic rings. The van der Waals surface area contributed by atoms with Gasteiger partial charge in [0, 0.05) is 65.4 Å². The van der Waals surface area contributed by atoms with Crippen LogP contribution < -0.4 is 5.46 Å². The number of fused-ring (bicyclic) bond motifs is 2. The van der Waals surface area contributed by atoms with E-state index in [1.54, 1.807) is 57.0 Å². The average molecular weight is 669 g/mol. The molecule has 10 nitrogen and oxygen atoms in total. The number of nitrogens with zero attached hydrogens (tertiary/aromatic N) is 6. The van der Waals surface area contributed by atoms with E-state index in [2.05, 4.69) is 20.2 Å². The first-order chi connectivity index (χ1) is 22.4. The first-order valence-electron chi connectivity index (χ1n) is 15.7. The first kappa shape index (κ1) is 35.2. The number of hydrogen-bond donors (Lipinski definition) is 2. The monoisotopic (exact) mass is 668 g/mol. The Kier molecular flexibility index (Phi) is 9.83. The summed E-state index contributed by atoms with van der Waals surface area (Å²) in [5.41, 5.74) is 3.60. The van der Waals surface area contributed by atoms with Crippen LogP contribution >= 0.6 is 11.6 Å². The second-order valence-electron chi connectivity index (χ2n) is 13.8. The molecule has 0 amide bonds. The maximum Gasteiger partial charge on any atom is 0.496 e. The Morgan fingerprint density at radius 1 is 0.688 bits per heavy atom. The van der Waals surface area contributed by atoms with Crippen molar-refractivity contribution in [2.45, 2.75) is 77.8 Å². The van der Waals surface area contributed by atoms with Gasteiger partial charge in [0.1, 0.15) is 0 Å². The van der Waals surface area contributed by atoms with E-state index < -0.39 is 18.3 Å². The van der Waals surface area contributed by atoms with Gasteiger partial charge >= 0.3 is 7.12 Å². The number of aliphatic hydroxyl groups is 2. The summed E-state index contributed by atoms with van der Waals surface area (Å²) in [7, 11) is -0.445. The highest BCUT2D eigenvalue weighted by atomic mass is 35.5. The van der Waals surface area contributed by atoms with Gasteiger partial charge in [-0.3, -0.25) is 9.97 Å². The molecule has 250 valence electrons. The summed E-state index contributed by atoms with van der Waals surface area (Å²) < 4.78 is 15.5. The molecule has 0 saturated carbocycles. The lowest BCUT2D eigenvalue weighted by molar-refractivity contribution is 0.00578. The normalized spacial score (nSPS) is 15.5. The standard InChI is InChI=1S/C15H15N3O.C14H22BNO3.C7H5ClN2/c1-15(2,19)12-7-11(9-16-10-12)14-8-13-5-3-4-6-18(13)17-14;1-12(2,17)10-7-11(9-16-8-10)15-18-13(3,4)14(5,6)19-15;8-7-5-6-3-1-2-4-10(6)9-7/h3-10,19H,1-2H3;7-9,17H,1-6H3;1-5H. The van der Waals surface area contributed by atoms with Crippen molar-refractivity contribution in [2.24, 2.45) is 0 Å². The predicted octanol–water partition coefficient (Wildman–Crippen LogP) is 6.22. The fraction of sp³-hybridized carbons (Fsp3) is 0.333. The Balaban J connectivity index is 0.000000148. The lowest BCUT2D eigenvalue weighted by Gasteiger charge is -2.32. The maximum absolute atomic E-state index is 10.0. The van der Waals surface area contributed by atoms with Crippen LogP contribution in [0.1, 0.15) is 66.5 Å². The summed E-state index contributed by atoms with van der Waals surface area (Å²) in [4.78, 5) is 8.36. The van der Waals surface area contributed by atoms with Crippen molar-refractivity contribution in [1.82, 2.24) is 29.2 Å². The Morgan fingerprint density at radius 3 is 1.75 bits per heavy atom. The van der Waals surface area contributed by atoms with Gasteiger partial charge in [0.25, 0.3) is 0 Å². The van der Waals surface area contributed by atoms with E-state index in [9.17, 15) is 10.2 Å². The van der Waals surface area contributed by atoms with Crippen LogP contribution in [0.15, 0.2) is 97.8 Å². The van der Waals surface area contributed by atoms with Crippen LogP contribution in [0.2, 0.25) is 5.15 Å². The fourth-order valence-corrected chi connectivity index (χ4v) is 4.99. The van der Waals surface area contributed by atoms with Crippen molar-refractivity contribution in [3.8, 4) is 11.3 Å². The largest absolute Gasteiger partial charge is 0.496 e. The molecule has 0 radical (unpaired) electrons. The van der Waals surface area contributed by atoms with Crippen LogP contribution in [0.5, 0.6) is 0 Å². The molecule has 48 heavy (non-hydrogen) atoms. The molecule has 2 N–H and O–H groups in total. The molecule has 0 bridgehead atoms. The molecule has 0 aromatic carbocycles. The van der Waals surface area contributed by atoms with Crippen molar-refractivity contribution in [2.75, 3.05) is 0 Å². The number of aromatic nitrogens is 6. The summed E-state index contributed by atoms with van der Waals surface area (Å²) in [5, 5.41) is 29.1. The van der Waals surface area contributed by atoms with Crippen molar-refractivity contribution >= 4 is 35.2 Å². The lowest BCUT2D eigenvalue weighted by Crippen LogP contribution is -2.41. The molecule has 12 heteroatoms. The number of pyridine rings is 4. The second kappa shape index (κ2) is 13.4. The van der Waals surface area contributed by atoms with Crippen molar-refractivity contribution in [3.05, 3.63) is 114 Å². The van der Waals surface area contributed by atoms with Gasteiger partial charge in [-0.25, -0.2) is 9.03 Å². The lowest BCUT2D eigenvalue weighted by atomic mass is 9.78. The minimum Gasteiger partial charge on any atom is -0.399 e. The van der Waals surface area contributed by atoms with Crippen LogP contribution in [0.25, 0.3) is 22.3 Å². The topological polar surface area (TPSA) is 119 Å². The van der Waals surface area contributed by atoms with E-state index in [0.717, 1.165) is 38.9 Å². The Hall–Kier alpha value is -4.13. The molecular weight excluding hydrogens is 627 g/mol. The molecule has 1 aliphatic rings. The Bertz CT molecular complexity index is 1930. The van der Waals surface area contributed by atoms with Crippen molar-refractivity contribution in [3.63, 3.8) is 0 Å². The number of rotatable bonds is 4. The van der Waals surface area contributed by atoms with Gasteiger partial charge in [0.15, 0.2) is 5.15 Å². The Labute approximate surface area is 286 Å². The van der Waals surface area contributed by atoms with Crippen molar-refractivity contribution in [1.29, 1.82) is 0 Å². The van der Waals surface area contributed by atoms with Crippen molar-refractivity contribution < 1.29 is 19.5 Å². The summed E-state index contributed by atoms with van der Waals surface area (Å²) in [5.74, 6) is 0. The van der Waals surface area contributed by atoms with Crippen LogP contribution in [0.3, 0.4) is 0 Å². The van der Waals surface area contributed by atoms with Gasteiger partial charge < -0.3 is 19.5 Å². The molecule has 0 spiro atoms. The molecule has 7 rings (SSSR count). The number of halogens is 1. The van der Waals surface area contributed by atoms with Gasteiger partial charge in [0.2, 0.25) is 0 Å². The quantitative estimate of drug-likeness (QED) is 0.213. The summed E-state index contributed by atoms with van der Waals surface area (Å²) in [6.07, 6.45) is 10.6. The van der Waals surface area contributed by atoms with Gasteiger partial charge in [-0.1, -0.05) is 29.8 Å². The molecule has 0 aliphatic carbocycles. The van der Waals surface area contributed by atoms with E-state index in [1.807, 2.05) is 105 Å². The van der Waals surface area contributed by atoms with E-state index in [4.69, 9.17) is 20.9 Å². The van der Waals surface area contributed by atoms with E-state index >= 15 is 0 Å². The smallest absolute Gasteiger partial charge is 0.399 e. The highest BCUT2D eigenvalue weighted by Gasteiger charge is 2.52. The van der Waals surface area contributed by atoms with E-state index in [1.165, 1.54) is 0 Å². The fourth-order valence-electron chi connectivity index (χ4n) is 4.80. The number of hydrogen-bond acceptors (Lipinski definition) is 8. The average Bonchev–Trinajstić information content (AvgIpc) is 3.69. The van der Waals surface area contributed by atoms with Gasteiger partial charge in [-0.05, 0) is 91.8 Å². The molecule has 1 saturated heterocycles. The third-order valence-corrected chi connectivity index (χ3v) is 8.63. The minimum atomic E-state index is -0.924. The van der Waals surface area contributed by atoms with E-state index in [0.29, 0.717) is 5.15 Å². The molecule has 0 unspecified atom stereocenters.